The Morgan fingerprint density at radius 1 is 0.857 bits per heavy atom. The normalized spacial score (nSPS) is 18.5. The number of carbonyl (C=O) groups is 2. The third kappa shape index (κ3) is 3.17. The van der Waals surface area contributed by atoms with Crippen molar-refractivity contribution in [3.8, 4) is 0 Å². The molecule has 0 unspecified atom stereocenters. The molecule has 0 radical (unpaired) electrons. The van der Waals surface area contributed by atoms with Crippen LogP contribution in [0.2, 0.25) is 0 Å². The van der Waals surface area contributed by atoms with Crippen molar-refractivity contribution in [1.29, 1.82) is 0 Å². The lowest BCUT2D eigenvalue weighted by molar-refractivity contribution is 0.0916. The number of benzene rings is 1. The molecule has 21 heavy (non-hydrogen) atoms. The largest absolute Gasteiger partial charge is 0.399 e. The average molecular weight is 287 g/mol. The summed E-state index contributed by atoms with van der Waals surface area (Å²) < 4.78 is 0. The number of nitrogens with two attached hydrogens (primary N) is 1. The van der Waals surface area contributed by atoms with Gasteiger partial charge in [-0.3, -0.25) is 9.59 Å². The standard InChI is InChI=1S/C16H21N3O2/c17-12-8-10(15(20)18-13-3-1-4-13)7-11(9-12)16(21)19-14-5-2-6-14/h7-9,13-14H,1-6,17H2,(H,18,20)(H,19,21). The first-order chi connectivity index (χ1) is 10.1. The first kappa shape index (κ1) is 13.9. The van der Waals surface area contributed by atoms with Crippen LogP contribution in [0.15, 0.2) is 18.2 Å². The zero-order valence-electron chi connectivity index (χ0n) is 12.0. The van der Waals surface area contributed by atoms with E-state index in [0.717, 1.165) is 38.5 Å². The van der Waals surface area contributed by atoms with E-state index in [0.29, 0.717) is 16.8 Å². The monoisotopic (exact) mass is 287 g/mol. The Kier molecular flexibility index (Phi) is 3.82. The fourth-order valence-corrected chi connectivity index (χ4v) is 2.56. The summed E-state index contributed by atoms with van der Waals surface area (Å²) in [5.74, 6) is -0.297. The molecule has 1 aromatic carbocycles. The average Bonchev–Trinajstić information content (AvgIpc) is 2.37. The predicted molar refractivity (Wildman–Crippen MR) is 81.1 cm³/mol. The quantitative estimate of drug-likeness (QED) is 0.739. The Balaban J connectivity index is 1.71. The van der Waals surface area contributed by atoms with Crippen LogP contribution >= 0.6 is 0 Å². The zero-order valence-corrected chi connectivity index (χ0v) is 12.0. The van der Waals surface area contributed by atoms with Gasteiger partial charge < -0.3 is 16.4 Å². The van der Waals surface area contributed by atoms with Crippen molar-refractivity contribution >= 4 is 17.5 Å². The van der Waals surface area contributed by atoms with Crippen LogP contribution in [0.3, 0.4) is 0 Å². The minimum atomic E-state index is -0.148. The summed E-state index contributed by atoms with van der Waals surface area (Å²) in [6.07, 6.45) is 6.45. The molecular formula is C16H21N3O2. The second kappa shape index (κ2) is 5.76. The third-order valence-electron chi connectivity index (χ3n) is 4.36. The Bertz CT molecular complexity index is 516. The molecule has 0 saturated heterocycles. The number of amides is 2. The number of hydrogen-bond donors (Lipinski definition) is 3. The van der Waals surface area contributed by atoms with Gasteiger partial charge in [0.1, 0.15) is 0 Å². The van der Waals surface area contributed by atoms with Gasteiger partial charge in [0.05, 0.1) is 0 Å². The number of nitrogen functional groups attached to an aromatic ring is 1. The van der Waals surface area contributed by atoms with Gasteiger partial charge in [-0.2, -0.15) is 0 Å². The first-order valence-corrected chi connectivity index (χ1v) is 7.64. The lowest BCUT2D eigenvalue weighted by atomic mass is 9.92. The van der Waals surface area contributed by atoms with Crippen LogP contribution < -0.4 is 16.4 Å². The van der Waals surface area contributed by atoms with E-state index in [1.54, 1.807) is 18.2 Å². The fourth-order valence-electron chi connectivity index (χ4n) is 2.56. The van der Waals surface area contributed by atoms with E-state index >= 15 is 0 Å². The van der Waals surface area contributed by atoms with Gasteiger partial charge in [-0.25, -0.2) is 0 Å². The lowest BCUT2D eigenvalue weighted by Crippen LogP contribution is -2.40. The summed E-state index contributed by atoms with van der Waals surface area (Å²) in [7, 11) is 0. The van der Waals surface area contributed by atoms with Crippen LogP contribution in [0.5, 0.6) is 0 Å². The van der Waals surface area contributed by atoms with E-state index in [1.165, 1.54) is 0 Å². The highest BCUT2D eigenvalue weighted by Gasteiger charge is 2.23. The summed E-state index contributed by atoms with van der Waals surface area (Å²) in [6.45, 7) is 0. The minimum absolute atomic E-state index is 0.148. The van der Waals surface area contributed by atoms with Gasteiger partial charge in [0, 0.05) is 28.9 Å². The fraction of sp³-hybridized carbons (Fsp3) is 0.500. The van der Waals surface area contributed by atoms with Crippen molar-refractivity contribution < 1.29 is 9.59 Å². The second-order valence-electron chi connectivity index (χ2n) is 6.05. The molecule has 0 spiro atoms. The van der Waals surface area contributed by atoms with Crippen molar-refractivity contribution in [1.82, 2.24) is 10.6 Å². The SMILES string of the molecule is Nc1cc(C(=O)NC2CCC2)cc(C(=O)NC2CCC2)c1. The molecule has 0 aromatic heterocycles. The highest BCUT2D eigenvalue weighted by atomic mass is 16.2. The van der Waals surface area contributed by atoms with Crippen molar-refractivity contribution in [3.63, 3.8) is 0 Å². The smallest absolute Gasteiger partial charge is 0.251 e. The number of carbonyl (C=O) groups excluding carboxylic acids is 2. The van der Waals surface area contributed by atoms with E-state index in [9.17, 15) is 9.59 Å². The summed E-state index contributed by atoms with van der Waals surface area (Å²) in [4.78, 5) is 24.3. The zero-order chi connectivity index (χ0) is 14.8. The number of rotatable bonds is 4. The topological polar surface area (TPSA) is 84.2 Å². The Labute approximate surface area is 124 Å². The number of hydrogen-bond acceptors (Lipinski definition) is 3. The molecule has 0 aliphatic heterocycles. The maximum absolute atomic E-state index is 12.2. The molecule has 2 aliphatic carbocycles. The van der Waals surface area contributed by atoms with Crippen molar-refractivity contribution in [3.05, 3.63) is 29.3 Å². The maximum Gasteiger partial charge on any atom is 0.251 e. The lowest BCUT2D eigenvalue weighted by Gasteiger charge is -2.27. The molecule has 0 bridgehead atoms. The van der Waals surface area contributed by atoms with Crippen molar-refractivity contribution in [2.45, 2.75) is 50.6 Å². The summed E-state index contributed by atoms with van der Waals surface area (Å²) in [5, 5.41) is 5.93. The molecule has 4 N–H and O–H groups in total. The second-order valence-corrected chi connectivity index (χ2v) is 6.05. The predicted octanol–water partition coefficient (Wildman–Crippen LogP) is 1.83. The molecule has 0 heterocycles. The molecule has 1 aromatic rings. The summed E-state index contributed by atoms with van der Waals surface area (Å²) in [6, 6.07) is 5.40. The van der Waals surface area contributed by atoms with Crippen molar-refractivity contribution in [2.24, 2.45) is 0 Å². The Morgan fingerprint density at radius 2 is 1.29 bits per heavy atom. The van der Waals surface area contributed by atoms with Crippen LogP contribution in [0.25, 0.3) is 0 Å². The van der Waals surface area contributed by atoms with Crippen LogP contribution in [0, 0.1) is 0 Å². The molecule has 3 rings (SSSR count). The highest BCUT2D eigenvalue weighted by Crippen LogP contribution is 2.21. The Hall–Kier alpha value is -2.04. The van der Waals surface area contributed by atoms with Gasteiger partial charge in [-0.1, -0.05) is 0 Å². The minimum Gasteiger partial charge on any atom is -0.399 e. The molecule has 5 heteroatoms. The van der Waals surface area contributed by atoms with E-state index in [2.05, 4.69) is 10.6 Å². The number of anilines is 1. The summed E-state index contributed by atoms with van der Waals surface area (Å²) in [5.41, 5.74) is 7.19. The molecule has 5 nitrogen and oxygen atoms in total. The molecule has 0 atom stereocenters. The summed E-state index contributed by atoms with van der Waals surface area (Å²) >= 11 is 0. The van der Waals surface area contributed by atoms with Gasteiger partial charge in [0.15, 0.2) is 0 Å². The van der Waals surface area contributed by atoms with Gasteiger partial charge in [0.25, 0.3) is 11.8 Å². The molecule has 2 saturated carbocycles. The van der Waals surface area contributed by atoms with Gasteiger partial charge in [-0.15, -0.1) is 0 Å². The van der Waals surface area contributed by atoms with Crippen LogP contribution in [0.4, 0.5) is 5.69 Å². The number of nitrogens with one attached hydrogen (secondary N) is 2. The van der Waals surface area contributed by atoms with Gasteiger partial charge in [-0.05, 0) is 56.7 Å². The van der Waals surface area contributed by atoms with Gasteiger partial charge in [0.2, 0.25) is 0 Å². The molecule has 112 valence electrons. The van der Waals surface area contributed by atoms with Crippen LogP contribution in [-0.4, -0.2) is 23.9 Å². The third-order valence-corrected chi connectivity index (χ3v) is 4.36. The molecule has 2 amide bonds. The molecule has 2 aliphatic rings. The van der Waals surface area contributed by atoms with Gasteiger partial charge >= 0.3 is 0 Å². The highest BCUT2D eigenvalue weighted by molar-refractivity contribution is 6.01. The molecule has 2 fully saturated rings. The molecular weight excluding hydrogens is 266 g/mol. The van der Waals surface area contributed by atoms with E-state index in [-0.39, 0.29) is 23.9 Å². The van der Waals surface area contributed by atoms with E-state index in [4.69, 9.17) is 5.73 Å². The van der Waals surface area contributed by atoms with Crippen LogP contribution in [-0.2, 0) is 0 Å². The van der Waals surface area contributed by atoms with Crippen molar-refractivity contribution in [2.75, 3.05) is 5.73 Å². The maximum atomic E-state index is 12.2. The van der Waals surface area contributed by atoms with Crippen LogP contribution in [0.1, 0.15) is 59.2 Å². The van der Waals surface area contributed by atoms with E-state index in [1.807, 2.05) is 0 Å². The van der Waals surface area contributed by atoms with E-state index < -0.39 is 0 Å². The first-order valence-electron chi connectivity index (χ1n) is 7.64. The Morgan fingerprint density at radius 3 is 1.62 bits per heavy atom.